The van der Waals surface area contributed by atoms with Gasteiger partial charge in [-0.05, 0) is 80.2 Å². The Morgan fingerprint density at radius 1 is 0.657 bits per heavy atom. The van der Waals surface area contributed by atoms with Crippen LogP contribution in [-0.2, 0) is 20.1 Å². The number of fused-ring (bicyclic) bond motifs is 4. The van der Waals surface area contributed by atoms with Crippen LogP contribution in [0, 0.1) is 19.0 Å². The minimum atomic E-state index is -2.13. The van der Waals surface area contributed by atoms with Crippen molar-refractivity contribution in [3.05, 3.63) is 192 Å². The Labute approximate surface area is 417 Å². The zero-order valence-corrected chi connectivity index (χ0v) is 43.1. The van der Waals surface area contributed by atoms with E-state index in [0.717, 1.165) is 72.3 Å². The quantitative estimate of drug-likeness (QED) is 0.107. The second-order valence-corrected chi connectivity index (χ2v) is 24.1. The molecule has 0 unspecified atom stereocenters. The molecule has 339 valence electrons. The average molecular weight is 1070 g/mol. The summed E-state index contributed by atoms with van der Waals surface area (Å²) in [7, 11) is -1.61. The zero-order valence-electron chi connectivity index (χ0n) is 43.7. The standard InChI is InChI=1S/C43H35N2O.C18H24NSi.Ir/c1-27(2)33-14-10-15-34(28(3)4)41(33)45-39-19-9-8-18-38(39)44-43(45)37-17-11-16-36-35-25-24-32(26-40(35)46-42(36)37)31-22-20-30(21-23-31)29-12-6-5-7-13-29;1-13(2)16-11-17(15-9-7-14(3)8-10-15)19-12-18(16)20(4,5)6;/h5-16,18-28H,1-4H3;7-9,11-13H,1-6H3;/q2*-1;/i;3D3,13D;. The zero-order chi connectivity index (χ0) is 49.7. The predicted molar refractivity (Wildman–Crippen MR) is 282 cm³/mol. The molecule has 0 saturated carbocycles. The SMILES string of the molecule is CC(C)c1cccc(C(C)C)c1-n1c(-c2[c-]ccc3c2oc2cc(-c4ccc(-c5ccccc5)cc4)ccc23)nc2ccccc21.[2H]C([2H])([2H])c1c[c-]c(-c2cc(C([2H])(C)C)c([Si](C)(C)C)cn2)cc1.[Ir]. The molecule has 3 aromatic heterocycles. The third kappa shape index (κ3) is 9.54. The fourth-order valence-electron chi connectivity index (χ4n) is 8.96. The van der Waals surface area contributed by atoms with E-state index in [-0.39, 0.29) is 25.7 Å². The van der Waals surface area contributed by atoms with E-state index in [1.54, 1.807) is 12.1 Å². The topological polar surface area (TPSA) is 43.9 Å². The first-order valence-electron chi connectivity index (χ1n) is 25.0. The minimum absolute atomic E-state index is 0. The Kier molecular flexibility index (Phi) is 12.3. The minimum Gasteiger partial charge on any atom is -0.501 e. The van der Waals surface area contributed by atoms with E-state index in [0.29, 0.717) is 11.8 Å². The number of nitrogens with zero attached hydrogens (tertiary/aromatic N) is 3. The molecule has 10 rings (SSSR count). The maximum Gasteiger partial charge on any atom is 0.121 e. The van der Waals surface area contributed by atoms with Crippen LogP contribution in [0.5, 0.6) is 0 Å². The maximum atomic E-state index is 8.48. The molecule has 3 heterocycles. The van der Waals surface area contributed by atoms with Crippen LogP contribution < -0.4 is 5.19 Å². The van der Waals surface area contributed by atoms with Crippen LogP contribution in [0.25, 0.3) is 83.6 Å². The number of hydrogen-bond donors (Lipinski definition) is 0. The molecule has 7 aromatic carbocycles. The maximum absolute atomic E-state index is 8.48. The van der Waals surface area contributed by atoms with Crippen molar-refractivity contribution in [2.75, 3.05) is 0 Å². The Balaban J connectivity index is 0.000000230. The molecule has 0 saturated heterocycles. The van der Waals surface area contributed by atoms with E-state index in [4.69, 9.17) is 14.9 Å². The van der Waals surface area contributed by atoms with E-state index in [2.05, 4.69) is 184 Å². The van der Waals surface area contributed by atoms with E-state index in [1.165, 1.54) is 39.2 Å². The van der Waals surface area contributed by atoms with Gasteiger partial charge in [-0.15, -0.1) is 53.6 Å². The molecule has 67 heavy (non-hydrogen) atoms. The Morgan fingerprint density at radius 3 is 1.96 bits per heavy atom. The Hall–Kier alpha value is -6.17. The van der Waals surface area contributed by atoms with Crippen molar-refractivity contribution in [2.45, 2.75) is 85.8 Å². The first-order chi connectivity index (χ1) is 33.3. The number of pyridine rings is 1. The number of imidazole rings is 1. The van der Waals surface area contributed by atoms with Crippen molar-refractivity contribution in [1.29, 1.82) is 0 Å². The van der Waals surface area contributed by atoms with Gasteiger partial charge in [0.1, 0.15) is 5.58 Å². The number of aryl methyl sites for hydroxylation is 1. The molecule has 0 aliphatic rings. The fraction of sp³-hybridized carbons (Fsp3) is 0.213. The monoisotopic (exact) mass is 1070 g/mol. The van der Waals surface area contributed by atoms with E-state index in [1.807, 2.05) is 38.2 Å². The second-order valence-electron chi connectivity index (χ2n) is 19.1. The van der Waals surface area contributed by atoms with Gasteiger partial charge in [0, 0.05) is 42.9 Å². The summed E-state index contributed by atoms with van der Waals surface area (Å²) < 4.78 is 39.9. The van der Waals surface area contributed by atoms with Gasteiger partial charge in [0.2, 0.25) is 0 Å². The summed E-state index contributed by atoms with van der Waals surface area (Å²) in [6.07, 6.45) is 1.89. The number of furan rings is 1. The van der Waals surface area contributed by atoms with Crippen LogP contribution in [0.15, 0.2) is 162 Å². The Morgan fingerprint density at radius 2 is 1.31 bits per heavy atom. The molecule has 0 N–H and O–H groups in total. The largest absolute Gasteiger partial charge is 0.501 e. The summed E-state index contributed by atoms with van der Waals surface area (Å²) >= 11 is 0. The summed E-state index contributed by atoms with van der Waals surface area (Å²) in [6, 6.07) is 58.3. The fourth-order valence-corrected chi connectivity index (χ4v) is 10.5. The number of aromatic nitrogens is 3. The Bertz CT molecular complexity index is 3470. The summed E-state index contributed by atoms with van der Waals surface area (Å²) in [6.45, 7) is 17.4. The number of hydrogen-bond acceptors (Lipinski definition) is 3. The first kappa shape index (κ1) is 42.2. The van der Waals surface area contributed by atoms with Crippen molar-refractivity contribution in [3.8, 4) is 50.6 Å². The van der Waals surface area contributed by atoms with Gasteiger partial charge >= 0.3 is 0 Å². The van der Waals surface area contributed by atoms with Crippen LogP contribution in [0.2, 0.25) is 19.6 Å². The normalized spacial score (nSPS) is 12.9. The van der Waals surface area contributed by atoms with Crippen LogP contribution >= 0.6 is 0 Å². The molecule has 0 amide bonds. The average Bonchev–Trinajstić information content (AvgIpc) is 3.92. The van der Waals surface area contributed by atoms with Crippen molar-refractivity contribution in [1.82, 2.24) is 14.5 Å². The summed E-state index contributed by atoms with van der Waals surface area (Å²) in [5.41, 5.74) is 15.8. The molecule has 0 bridgehead atoms. The molecule has 0 atom stereocenters. The molecule has 4 nitrogen and oxygen atoms in total. The van der Waals surface area contributed by atoms with E-state index in [9.17, 15) is 0 Å². The van der Waals surface area contributed by atoms with Crippen molar-refractivity contribution < 1.29 is 30.0 Å². The summed E-state index contributed by atoms with van der Waals surface area (Å²) in [4.78, 5) is 9.81. The predicted octanol–water partition coefficient (Wildman–Crippen LogP) is 16.5. The molecule has 0 spiro atoms. The van der Waals surface area contributed by atoms with Crippen molar-refractivity contribution in [2.24, 2.45) is 0 Å². The molecule has 10 aromatic rings. The van der Waals surface area contributed by atoms with Crippen LogP contribution in [0.1, 0.15) is 87.0 Å². The number of benzene rings is 7. The molecule has 0 aliphatic heterocycles. The van der Waals surface area contributed by atoms with E-state index < -0.39 is 20.8 Å². The number of para-hydroxylation sites is 3. The smallest absolute Gasteiger partial charge is 0.121 e. The molecular weight excluding hydrogens is 1010 g/mol. The summed E-state index contributed by atoms with van der Waals surface area (Å²) in [5, 5.41) is 3.34. The molecule has 0 fully saturated rings. The second kappa shape index (κ2) is 19.6. The van der Waals surface area contributed by atoms with Gasteiger partial charge < -0.3 is 14.0 Å². The third-order valence-electron chi connectivity index (χ3n) is 12.4. The first-order valence-corrected chi connectivity index (χ1v) is 26.5. The van der Waals surface area contributed by atoms with Crippen LogP contribution in [-0.4, -0.2) is 22.6 Å². The van der Waals surface area contributed by atoms with Gasteiger partial charge in [-0.3, -0.25) is 4.98 Å². The van der Waals surface area contributed by atoms with Crippen molar-refractivity contribution in [3.63, 3.8) is 0 Å². The van der Waals surface area contributed by atoms with Gasteiger partial charge in [-0.25, -0.2) is 0 Å². The van der Waals surface area contributed by atoms with Gasteiger partial charge in [0.05, 0.1) is 30.5 Å². The summed E-state index contributed by atoms with van der Waals surface area (Å²) in [5.74, 6) is 0.812. The van der Waals surface area contributed by atoms with Gasteiger partial charge in [0.25, 0.3) is 0 Å². The third-order valence-corrected chi connectivity index (χ3v) is 14.5. The van der Waals surface area contributed by atoms with Crippen LogP contribution in [0.3, 0.4) is 0 Å². The van der Waals surface area contributed by atoms with Crippen LogP contribution in [0.4, 0.5) is 0 Å². The van der Waals surface area contributed by atoms with Gasteiger partial charge in [-0.2, -0.15) is 0 Å². The van der Waals surface area contributed by atoms with Gasteiger partial charge in [-0.1, -0.05) is 188 Å². The molecule has 1 radical (unpaired) electrons. The van der Waals surface area contributed by atoms with Crippen molar-refractivity contribution >= 4 is 46.2 Å². The molecular formula is C61H59IrN3OSi-2. The van der Waals surface area contributed by atoms with Gasteiger partial charge in [0.15, 0.2) is 0 Å². The van der Waals surface area contributed by atoms with E-state index >= 15 is 0 Å². The molecule has 0 aliphatic carbocycles. The molecule has 6 heteroatoms. The number of rotatable bonds is 9.